The zero-order valence-electron chi connectivity index (χ0n) is 13.0. The second-order valence-corrected chi connectivity index (χ2v) is 6.28. The van der Waals surface area contributed by atoms with E-state index in [0.29, 0.717) is 0 Å². The highest BCUT2D eigenvalue weighted by atomic mass is 19.3. The highest BCUT2D eigenvalue weighted by Gasteiger charge is 3.08. The Morgan fingerprint density at radius 2 is 1.36 bits per heavy atom. The summed E-state index contributed by atoms with van der Waals surface area (Å²) in [4.78, 5) is 11.2. The van der Waals surface area contributed by atoms with Gasteiger partial charge >= 0.3 is 35.3 Å². The average Bonchev–Trinajstić information content (AvgIpc) is 2.55. The van der Waals surface area contributed by atoms with Crippen LogP contribution in [0, 0.1) is 0 Å². The Labute approximate surface area is 146 Å². The lowest BCUT2D eigenvalue weighted by Gasteiger charge is -2.64. The summed E-state index contributed by atoms with van der Waals surface area (Å²) in [5.74, 6) is -36.4. The number of rotatable bonds is 3. The third-order valence-corrected chi connectivity index (χ3v) is 4.90. The van der Waals surface area contributed by atoms with E-state index in [1.807, 2.05) is 0 Å². The van der Waals surface area contributed by atoms with Crippen LogP contribution in [0.1, 0.15) is 6.42 Å². The Morgan fingerprint density at radius 1 is 0.893 bits per heavy atom. The van der Waals surface area contributed by atoms with E-state index in [-0.39, 0.29) is 6.08 Å². The monoisotopic (exact) mass is 440 g/mol. The second-order valence-electron chi connectivity index (χ2n) is 6.28. The Bertz CT molecular complexity index is 722. The largest absolute Gasteiger partial charge is 0.442 e. The van der Waals surface area contributed by atoms with Crippen LogP contribution in [0.4, 0.5) is 52.7 Å². The SMILES string of the molecule is C=CC(=O)OC12CC(O)(F)C(F)(F)C(F)(C(F)(F)C(F)(CF)C1(F)F)C2(F)F. The van der Waals surface area contributed by atoms with Crippen molar-refractivity contribution in [1.82, 2.24) is 0 Å². The lowest BCUT2D eigenvalue weighted by atomic mass is 9.53. The van der Waals surface area contributed by atoms with Crippen molar-refractivity contribution in [3.05, 3.63) is 12.7 Å². The van der Waals surface area contributed by atoms with Crippen molar-refractivity contribution in [2.24, 2.45) is 0 Å². The minimum atomic E-state index is -7.34. The molecule has 2 fully saturated rings. The summed E-state index contributed by atoms with van der Waals surface area (Å²) in [6, 6.07) is 0. The molecule has 2 aliphatic carbocycles. The standard InChI is InChI=1S/C13H8F12O3/c1-2-5(26)28-7-3-8(16,27)13(24,25)9(17,12(7,22)23)11(20,21)6(15,4-14)10(7,18)19/h2,27H,1,3-4H2. The van der Waals surface area contributed by atoms with E-state index in [0.717, 1.165) is 0 Å². The van der Waals surface area contributed by atoms with Crippen molar-refractivity contribution in [3.63, 3.8) is 0 Å². The molecular weight excluding hydrogens is 432 g/mol. The van der Waals surface area contributed by atoms with Gasteiger partial charge in [0.1, 0.15) is 6.67 Å². The predicted molar refractivity (Wildman–Crippen MR) is 63.1 cm³/mol. The zero-order valence-corrected chi connectivity index (χ0v) is 13.0. The van der Waals surface area contributed by atoms with Crippen molar-refractivity contribution >= 4 is 5.97 Å². The number of hydrogen-bond donors (Lipinski definition) is 1. The molecule has 1 N–H and O–H groups in total. The number of fused-ring (bicyclic) bond motifs is 2. The van der Waals surface area contributed by atoms with Crippen molar-refractivity contribution in [2.45, 2.75) is 52.9 Å². The molecule has 2 aliphatic rings. The lowest BCUT2D eigenvalue weighted by Crippen LogP contribution is -2.96. The first kappa shape index (κ1) is 22.6. The zero-order chi connectivity index (χ0) is 22.4. The van der Waals surface area contributed by atoms with Gasteiger partial charge in [-0.05, 0) is 0 Å². The smallest absolute Gasteiger partial charge is 0.351 e. The van der Waals surface area contributed by atoms with E-state index in [9.17, 15) is 57.5 Å². The maximum Gasteiger partial charge on any atom is 0.351 e. The minimum absolute atomic E-state index is 0.243. The summed E-state index contributed by atoms with van der Waals surface area (Å²) in [5.41, 5.74) is -19.6. The number of halogens is 12. The third kappa shape index (κ3) is 1.78. The number of carbonyl (C=O) groups is 1. The molecule has 0 saturated heterocycles. The van der Waals surface area contributed by atoms with E-state index in [1.165, 1.54) is 0 Å². The van der Waals surface area contributed by atoms with Gasteiger partial charge in [-0.15, -0.1) is 0 Å². The molecule has 15 heteroatoms. The first-order chi connectivity index (χ1) is 12.2. The van der Waals surface area contributed by atoms with Crippen LogP contribution in [0.25, 0.3) is 0 Å². The van der Waals surface area contributed by atoms with Gasteiger partial charge in [-0.3, -0.25) is 0 Å². The molecule has 0 aliphatic heterocycles. The average molecular weight is 440 g/mol. The van der Waals surface area contributed by atoms with Crippen LogP contribution in [0.5, 0.6) is 0 Å². The van der Waals surface area contributed by atoms with Gasteiger partial charge in [0.05, 0.1) is 6.42 Å². The van der Waals surface area contributed by atoms with Crippen molar-refractivity contribution in [3.8, 4) is 0 Å². The number of esters is 1. The fourth-order valence-electron chi connectivity index (χ4n) is 3.33. The molecule has 0 spiro atoms. The molecule has 0 aromatic rings. The highest BCUT2D eigenvalue weighted by Crippen LogP contribution is 2.77. The van der Waals surface area contributed by atoms with E-state index in [2.05, 4.69) is 11.3 Å². The molecule has 3 nitrogen and oxygen atoms in total. The highest BCUT2D eigenvalue weighted by molar-refractivity contribution is 5.82. The van der Waals surface area contributed by atoms with Crippen LogP contribution < -0.4 is 0 Å². The topological polar surface area (TPSA) is 46.5 Å². The van der Waals surface area contributed by atoms with Gasteiger partial charge in [0.15, 0.2) is 0 Å². The molecule has 2 bridgehead atoms. The molecule has 2 rings (SSSR count). The predicted octanol–water partition coefficient (Wildman–Crippen LogP) is 3.46. The normalized spacial score (nSPS) is 45.2. The number of aliphatic hydroxyl groups is 1. The van der Waals surface area contributed by atoms with Crippen molar-refractivity contribution < 1.29 is 67.3 Å². The fourth-order valence-corrected chi connectivity index (χ4v) is 3.33. The second kappa shape index (κ2) is 5.27. The van der Waals surface area contributed by atoms with Crippen molar-refractivity contribution in [1.29, 1.82) is 0 Å². The molecule has 0 aromatic carbocycles. The Balaban J connectivity index is 3.10. The number of ether oxygens (including phenoxy) is 1. The van der Waals surface area contributed by atoms with Gasteiger partial charge in [-0.1, -0.05) is 6.58 Å². The Kier molecular flexibility index (Phi) is 4.26. The molecule has 4 unspecified atom stereocenters. The Hall–Kier alpha value is -1.67. The van der Waals surface area contributed by atoms with E-state index in [4.69, 9.17) is 5.11 Å². The van der Waals surface area contributed by atoms with Crippen molar-refractivity contribution in [2.75, 3.05) is 6.67 Å². The molecule has 0 aromatic heterocycles. The summed E-state index contributed by atoms with van der Waals surface area (Å²) in [5, 5.41) is 8.97. The number of hydrogen-bond acceptors (Lipinski definition) is 3. The van der Waals surface area contributed by atoms with Gasteiger partial charge < -0.3 is 9.84 Å². The number of carbonyl (C=O) groups excluding carboxylic acids is 1. The molecule has 0 radical (unpaired) electrons. The molecule has 28 heavy (non-hydrogen) atoms. The molecule has 162 valence electrons. The molecule has 0 heterocycles. The lowest BCUT2D eigenvalue weighted by molar-refractivity contribution is -0.523. The summed E-state index contributed by atoms with van der Waals surface area (Å²) >= 11 is 0. The van der Waals surface area contributed by atoms with Gasteiger partial charge in [-0.2, -0.15) is 35.1 Å². The van der Waals surface area contributed by atoms with Crippen LogP contribution in [-0.4, -0.2) is 64.2 Å². The summed E-state index contributed by atoms with van der Waals surface area (Å²) in [6.45, 7) is -1.22. The van der Waals surface area contributed by atoms with E-state index >= 15 is 0 Å². The van der Waals surface area contributed by atoms with E-state index < -0.39 is 65.5 Å². The number of alkyl halides is 12. The first-order valence-corrected chi connectivity index (χ1v) is 6.94. The fraction of sp³-hybridized carbons (Fsp3) is 0.769. The van der Waals surface area contributed by atoms with Gasteiger partial charge in [0, 0.05) is 6.08 Å². The summed E-state index contributed by atoms with van der Waals surface area (Å²) in [6.07, 6.45) is -3.73. The van der Waals surface area contributed by atoms with E-state index in [1.54, 1.807) is 0 Å². The summed E-state index contributed by atoms with van der Waals surface area (Å²) < 4.78 is 173. The Morgan fingerprint density at radius 3 is 1.75 bits per heavy atom. The molecular formula is C13H8F12O3. The maximum atomic E-state index is 14.7. The minimum Gasteiger partial charge on any atom is -0.442 e. The molecule has 0 amide bonds. The van der Waals surface area contributed by atoms with Gasteiger partial charge in [-0.25, -0.2) is 22.4 Å². The third-order valence-electron chi connectivity index (χ3n) is 4.90. The molecule has 4 atom stereocenters. The van der Waals surface area contributed by atoms with Gasteiger partial charge in [0.2, 0.25) is 0 Å². The molecule has 2 saturated carbocycles. The van der Waals surface area contributed by atoms with Crippen LogP contribution in [0.3, 0.4) is 0 Å². The quantitative estimate of drug-likeness (QED) is 0.416. The van der Waals surface area contributed by atoms with Gasteiger partial charge in [0.25, 0.3) is 17.1 Å². The van der Waals surface area contributed by atoms with Crippen LogP contribution in [0.15, 0.2) is 12.7 Å². The van der Waals surface area contributed by atoms with Crippen LogP contribution in [0.2, 0.25) is 0 Å². The maximum absolute atomic E-state index is 14.7. The first-order valence-electron chi connectivity index (χ1n) is 6.94. The summed E-state index contributed by atoms with van der Waals surface area (Å²) in [7, 11) is 0. The van der Waals surface area contributed by atoms with Crippen LogP contribution in [-0.2, 0) is 9.53 Å². The van der Waals surface area contributed by atoms with Crippen LogP contribution >= 0.6 is 0 Å².